The van der Waals surface area contributed by atoms with Crippen LogP contribution in [-0.4, -0.2) is 32.0 Å². The van der Waals surface area contributed by atoms with E-state index in [9.17, 15) is 22.6 Å². The van der Waals surface area contributed by atoms with Crippen LogP contribution in [0.15, 0.2) is 39.6 Å². The maximum atomic E-state index is 12.0. The van der Waals surface area contributed by atoms with Gasteiger partial charge in [-0.2, -0.15) is 8.42 Å². The highest BCUT2D eigenvalue weighted by Gasteiger charge is 2.20. The monoisotopic (exact) mass is 423 g/mol. The highest BCUT2D eigenvalue weighted by molar-refractivity contribution is 7.86. The van der Waals surface area contributed by atoms with E-state index >= 15 is 0 Å². The zero-order valence-corrected chi connectivity index (χ0v) is 17.0. The number of furan rings is 1. The molecule has 8 nitrogen and oxygen atoms in total. The van der Waals surface area contributed by atoms with Crippen LogP contribution in [0, 0.1) is 0 Å². The van der Waals surface area contributed by atoms with Crippen molar-refractivity contribution in [2.45, 2.75) is 50.3 Å². The van der Waals surface area contributed by atoms with Crippen LogP contribution in [0.5, 0.6) is 0 Å². The molecule has 1 aromatic carbocycles. The number of benzene rings is 1. The maximum Gasteiger partial charge on any atom is 0.411 e. The topological polar surface area (TPSA) is 123 Å². The maximum absolute atomic E-state index is 12.0. The summed E-state index contributed by atoms with van der Waals surface area (Å²) in [6.45, 7) is 2.43. The normalized spacial score (nSPS) is 11.2. The molecule has 0 unspecified atom stereocenters. The molecule has 0 aliphatic carbocycles. The van der Waals surface area contributed by atoms with E-state index in [1.54, 1.807) is 0 Å². The van der Waals surface area contributed by atoms with Crippen LogP contribution in [0.1, 0.15) is 56.0 Å². The first-order chi connectivity index (χ1) is 13.8. The largest absolute Gasteiger partial charge is 0.453 e. The van der Waals surface area contributed by atoms with Gasteiger partial charge in [-0.25, -0.2) is 4.79 Å². The highest BCUT2D eigenvalue weighted by Crippen LogP contribution is 2.31. The van der Waals surface area contributed by atoms with E-state index in [2.05, 4.69) is 12.2 Å². The van der Waals surface area contributed by atoms with Gasteiger partial charge >= 0.3 is 6.09 Å². The number of carbonyl (C=O) groups is 2. The van der Waals surface area contributed by atoms with Crippen LogP contribution in [0.3, 0.4) is 0 Å². The van der Waals surface area contributed by atoms with Crippen molar-refractivity contribution in [3.05, 3.63) is 36.1 Å². The predicted molar refractivity (Wildman–Crippen MR) is 108 cm³/mol. The molecule has 29 heavy (non-hydrogen) atoms. The lowest BCUT2D eigenvalue weighted by Crippen LogP contribution is -2.14. The zero-order valence-electron chi connectivity index (χ0n) is 16.2. The zero-order chi connectivity index (χ0) is 21.3. The molecule has 0 saturated heterocycles. The Bertz CT molecular complexity index is 934. The molecular weight excluding hydrogens is 398 g/mol. The van der Waals surface area contributed by atoms with Crippen molar-refractivity contribution in [2.24, 2.45) is 0 Å². The molecule has 0 bridgehead atoms. The molecule has 0 saturated carbocycles. The summed E-state index contributed by atoms with van der Waals surface area (Å²) in [6.07, 6.45) is 6.20. The van der Waals surface area contributed by atoms with Gasteiger partial charge in [-0.3, -0.25) is 14.7 Å². The second-order valence-electron chi connectivity index (χ2n) is 6.53. The molecule has 158 valence electrons. The predicted octanol–water partition coefficient (Wildman–Crippen LogP) is 4.91. The number of aldehydes is 1. The molecule has 9 heteroatoms. The molecule has 0 aliphatic heterocycles. The number of hydrogen-bond donors (Lipinski definition) is 2. The van der Waals surface area contributed by atoms with Crippen molar-refractivity contribution < 1.29 is 31.7 Å². The molecule has 2 N–H and O–H groups in total. The number of carbonyl (C=O) groups excluding carboxylic acids is 2. The van der Waals surface area contributed by atoms with Gasteiger partial charge in [0.15, 0.2) is 12.0 Å². The number of ether oxygens (including phenoxy) is 1. The third-order valence-corrected chi connectivity index (χ3v) is 5.16. The fourth-order valence-electron chi connectivity index (χ4n) is 2.79. The lowest BCUT2D eigenvalue weighted by molar-refractivity contribution is 0.110. The van der Waals surface area contributed by atoms with Gasteiger partial charge in [-0.1, -0.05) is 39.0 Å². The summed E-state index contributed by atoms with van der Waals surface area (Å²) < 4.78 is 43.1. The van der Waals surface area contributed by atoms with Crippen LogP contribution in [0.4, 0.5) is 10.5 Å². The molecule has 1 heterocycles. The average molecular weight is 423 g/mol. The Morgan fingerprint density at radius 2 is 1.86 bits per heavy atom. The summed E-state index contributed by atoms with van der Waals surface area (Å²) in [5.41, 5.74) is 0.263. The molecule has 2 aromatic rings. The van der Waals surface area contributed by atoms with E-state index in [1.165, 1.54) is 43.5 Å². The third kappa shape index (κ3) is 7.03. The number of amides is 1. The molecule has 1 amide bonds. The minimum atomic E-state index is -4.54. The first-order valence-electron chi connectivity index (χ1n) is 9.46. The Labute approximate surface area is 170 Å². The smallest absolute Gasteiger partial charge is 0.411 e. The van der Waals surface area contributed by atoms with Gasteiger partial charge in [0.25, 0.3) is 10.1 Å². The minimum absolute atomic E-state index is 0.00186. The standard InChI is InChI=1S/C20H25NO7S/c1-2-3-4-5-6-7-12-27-20(23)21-15-8-11-19(29(24,25)26)17(13-15)18-10-9-16(14-22)28-18/h8-11,13-14H,2-7,12H2,1H3,(H,21,23)(H,24,25,26). The highest BCUT2D eigenvalue weighted by atomic mass is 32.2. The van der Waals surface area contributed by atoms with Gasteiger partial charge < -0.3 is 9.15 Å². The van der Waals surface area contributed by atoms with Gasteiger partial charge in [-0.15, -0.1) is 0 Å². The van der Waals surface area contributed by atoms with E-state index in [0.717, 1.165) is 25.3 Å². The fraction of sp³-hybridized carbons (Fsp3) is 0.400. The van der Waals surface area contributed by atoms with Crippen LogP contribution >= 0.6 is 0 Å². The molecule has 0 aliphatic rings. The average Bonchev–Trinajstić information content (AvgIpc) is 3.15. The summed E-state index contributed by atoms with van der Waals surface area (Å²) in [5, 5.41) is 2.51. The van der Waals surface area contributed by atoms with E-state index in [-0.39, 0.29) is 29.4 Å². The van der Waals surface area contributed by atoms with Gasteiger partial charge in [0.05, 0.1) is 6.61 Å². The van der Waals surface area contributed by atoms with Crippen LogP contribution in [-0.2, 0) is 14.9 Å². The Hall–Kier alpha value is -2.65. The summed E-state index contributed by atoms with van der Waals surface area (Å²) in [7, 11) is -4.54. The molecule has 0 atom stereocenters. The summed E-state index contributed by atoms with van der Waals surface area (Å²) in [6, 6.07) is 6.54. The van der Waals surface area contributed by atoms with Crippen molar-refractivity contribution in [1.29, 1.82) is 0 Å². The fourth-order valence-corrected chi connectivity index (χ4v) is 3.46. The second kappa shape index (κ2) is 10.8. The number of unbranched alkanes of at least 4 members (excludes halogenated alkanes) is 5. The van der Waals surface area contributed by atoms with Crippen LogP contribution in [0.25, 0.3) is 11.3 Å². The number of anilines is 1. The van der Waals surface area contributed by atoms with Crippen LogP contribution in [0.2, 0.25) is 0 Å². The van der Waals surface area contributed by atoms with Gasteiger partial charge in [-0.05, 0) is 36.8 Å². The number of hydrogen-bond acceptors (Lipinski definition) is 6. The molecule has 0 spiro atoms. The quantitative estimate of drug-likeness (QED) is 0.299. The summed E-state index contributed by atoms with van der Waals surface area (Å²) in [4.78, 5) is 22.4. The van der Waals surface area contributed by atoms with E-state index < -0.39 is 21.1 Å². The lowest BCUT2D eigenvalue weighted by atomic mass is 10.1. The molecule has 2 rings (SSSR count). The molecule has 0 fully saturated rings. The molecular formula is C20H25NO7S. The Balaban J connectivity index is 2.03. The molecule has 1 aromatic heterocycles. The van der Waals surface area contributed by atoms with Crippen molar-refractivity contribution in [2.75, 3.05) is 11.9 Å². The summed E-state index contributed by atoms with van der Waals surface area (Å²) in [5.74, 6) is 0.0572. The minimum Gasteiger partial charge on any atom is -0.453 e. The summed E-state index contributed by atoms with van der Waals surface area (Å²) >= 11 is 0. The Morgan fingerprint density at radius 1 is 1.14 bits per heavy atom. The van der Waals surface area contributed by atoms with Crippen molar-refractivity contribution in [1.82, 2.24) is 0 Å². The Morgan fingerprint density at radius 3 is 2.52 bits per heavy atom. The van der Waals surface area contributed by atoms with Crippen molar-refractivity contribution in [3.63, 3.8) is 0 Å². The number of nitrogens with one attached hydrogen (secondary N) is 1. The van der Waals surface area contributed by atoms with Gasteiger partial charge in [0.1, 0.15) is 10.7 Å². The van der Waals surface area contributed by atoms with E-state index in [0.29, 0.717) is 6.29 Å². The van der Waals surface area contributed by atoms with E-state index in [1.807, 2.05) is 0 Å². The van der Waals surface area contributed by atoms with Crippen molar-refractivity contribution in [3.8, 4) is 11.3 Å². The van der Waals surface area contributed by atoms with Crippen LogP contribution < -0.4 is 5.32 Å². The SMILES string of the molecule is CCCCCCCCOC(=O)Nc1ccc(S(=O)(=O)O)c(-c2ccc(C=O)o2)c1. The second-order valence-corrected chi connectivity index (χ2v) is 7.92. The van der Waals surface area contributed by atoms with Gasteiger partial charge in [0, 0.05) is 11.3 Å². The van der Waals surface area contributed by atoms with E-state index in [4.69, 9.17) is 9.15 Å². The number of rotatable bonds is 11. The van der Waals surface area contributed by atoms with Crippen molar-refractivity contribution >= 4 is 28.2 Å². The first kappa shape index (κ1) is 22.6. The molecule has 0 radical (unpaired) electrons. The van der Waals surface area contributed by atoms with Gasteiger partial charge in [0.2, 0.25) is 0 Å². The first-order valence-corrected chi connectivity index (χ1v) is 10.9. The Kier molecular flexibility index (Phi) is 8.41. The lowest BCUT2D eigenvalue weighted by Gasteiger charge is -2.10. The third-order valence-electron chi connectivity index (χ3n) is 4.24.